The van der Waals surface area contributed by atoms with Crippen molar-refractivity contribution in [2.24, 2.45) is 11.8 Å². The molecule has 7 nitrogen and oxygen atoms in total. The zero-order valence-corrected chi connectivity index (χ0v) is 22.2. The van der Waals surface area contributed by atoms with Gasteiger partial charge in [-0.1, -0.05) is 30.4 Å². The molecule has 0 aromatic heterocycles. The zero-order chi connectivity index (χ0) is 26.3. The van der Waals surface area contributed by atoms with E-state index < -0.39 is 27.4 Å². The van der Waals surface area contributed by atoms with Gasteiger partial charge in [0.15, 0.2) is 0 Å². The zero-order valence-electron chi connectivity index (χ0n) is 21.4. The summed E-state index contributed by atoms with van der Waals surface area (Å²) in [7, 11) is 0. The number of fused-ring (bicyclic) bond motifs is 1. The molecule has 2 unspecified atom stereocenters. The van der Waals surface area contributed by atoms with Gasteiger partial charge < -0.3 is 19.8 Å². The molecule has 3 amide bonds. The Morgan fingerprint density at radius 1 is 1.17 bits per heavy atom. The fraction of sp³-hybridized carbons (Fsp3) is 0.536. The summed E-state index contributed by atoms with van der Waals surface area (Å²) in [5, 5.41) is 9.83. The lowest BCUT2D eigenvalue weighted by Crippen LogP contribution is -2.56. The van der Waals surface area contributed by atoms with E-state index in [0.717, 1.165) is 12.1 Å². The minimum Gasteiger partial charge on any atom is -0.395 e. The maximum Gasteiger partial charge on any atom is 0.247 e. The smallest absolute Gasteiger partial charge is 0.247 e. The molecule has 4 rings (SSSR count). The summed E-state index contributed by atoms with van der Waals surface area (Å²) in [5.74, 6) is -1.65. The van der Waals surface area contributed by atoms with E-state index in [0.29, 0.717) is 19.5 Å². The molecule has 1 N–H and O–H groups in total. The van der Waals surface area contributed by atoms with Crippen LogP contribution in [-0.2, 0) is 14.4 Å². The van der Waals surface area contributed by atoms with Crippen molar-refractivity contribution >= 4 is 35.2 Å². The molecule has 8 heteroatoms. The molecule has 3 aliphatic heterocycles. The highest BCUT2D eigenvalue weighted by Gasteiger charge is 2.77. The van der Waals surface area contributed by atoms with Gasteiger partial charge in [-0.05, 0) is 45.7 Å². The summed E-state index contributed by atoms with van der Waals surface area (Å²) in [5.41, 5.74) is 0.759. The van der Waals surface area contributed by atoms with E-state index >= 15 is 0 Å². The van der Waals surface area contributed by atoms with Crippen molar-refractivity contribution < 1.29 is 19.5 Å². The second kappa shape index (κ2) is 10.1. The lowest BCUT2D eigenvalue weighted by atomic mass is 9.66. The van der Waals surface area contributed by atoms with Gasteiger partial charge in [-0.2, -0.15) is 0 Å². The Kier molecular flexibility index (Phi) is 7.40. The van der Waals surface area contributed by atoms with Gasteiger partial charge in [0.1, 0.15) is 6.04 Å². The van der Waals surface area contributed by atoms with Gasteiger partial charge in [-0.3, -0.25) is 14.4 Å². The highest BCUT2D eigenvalue weighted by atomic mass is 32.2. The maximum absolute atomic E-state index is 14.2. The molecule has 0 saturated carbocycles. The Bertz CT molecular complexity index is 1050. The number of thioether (sulfide) groups is 1. The fourth-order valence-electron chi connectivity index (χ4n) is 6.51. The Hall–Kier alpha value is -2.58. The lowest BCUT2D eigenvalue weighted by molar-refractivity contribution is -0.144. The van der Waals surface area contributed by atoms with Crippen LogP contribution in [0.5, 0.6) is 0 Å². The number of para-hydroxylation sites is 1. The Morgan fingerprint density at radius 3 is 2.42 bits per heavy atom. The van der Waals surface area contributed by atoms with Gasteiger partial charge in [0.05, 0.1) is 23.2 Å². The van der Waals surface area contributed by atoms with E-state index in [4.69, 9.17) is 0 Å². The van der Waals surface area contributed by atoms with Crippen molar-refractivity contribution in [2.75, 3.05) is 31.1 Å². The van der Waals surface area contributed by atoms with E-state index in [1.54, 1.807) is 38.6 Å². The predicted octanol–water partition coefficient (Wildman–Crippen LogP) is 3.10. The SMILES string of the molecule is C=CCN(C(=O)[C@@H]1[C@H]2C(=O)N(CCO)C(C(=O)N(CC=C)C(C)C)C23CC[C@@]1(C)S3)c1ccccc1. The lowest BCUT2D eigenvalue weighted by Gasteiger charge is -2.39. The molecule has 5 atom stereocenters. The molecular weight excluding hydrogens is 474 g/mol. The molecule has 2 bridgehead atoms. The van der Waals surface area contributed by atoms with Crippen molar-refractivity contribution in [3.8, 4) is 0 Å². The number of amides is 3. The molecule has 3 aliphatic rings. The van der Waals surface area contributed by atoms with Crippen molar-refractivity contribution in [2.45, 2.75) is 55.2 Å². The number of β-amino-alcohol motifs (C(OH)–C–C–N with tert-alkyl or cyclic N) is 1. The van der Waals surface area contributed by atoms with Gasteiger partial charge in [0.25, 0.3) is 0 Å². The summed E-state index contributed by atoms with van der Waals surface area (Å²) in [6.45, 7) is 14.2. The van der Waals surface area contributed by atoms with E-state index in [9.17, 15) is 19.5 Å². The standard InChI is InChI=1S/C28H37N3O4S/c1-6-15-29(19(3)4)26(35)23-28-14-13-27(5,36-28)21(22(28)25(34)31(23)17-18-32)24(33)30(16-7-2)20-11-9-8-10-12-20/h6-12,19,21-23,32H,1-2,13-18H2,3-5H3/t21-,22-,23?,27+,28?/m0/s1. The minimum atomic E-state index is -0.723. The molecule has 194 valence electrons. The van der Waals surface area contributed by atoms with Crippen LogP contribution in [-0.4, -0.2) is 80.4 Å². The second-order valence-corrected chi connectivity index (χ2v) is 12.3. The van der Waals surface area contributed by atoms with Crippen molar-refractivity contribution in [1.29, 1.82) is 0 Å². The van der Waals surface area contributed by atoms with Crippen molar-refractivity contribution in [1.82, 2.24) is 9.80 Å². The molecule has 3 fully saturated rings. The number of hydrogen-bond donors (Lipinski definition) is 1. The van der Waals surface area contributed by atoms with E-state index in [-0.39, 0.29) is 36.9 Å². The Morgan fingerprint density at radius 2 is 1.83 bits per heavy atom. The topological polar surface area (TPSA) is 81.2 Å². The highest BCUT2D eigenvalue weighted by Crippen LogP contribution is 2.71. The number of nitrogens with zero attached hydrogens (tertiary/aromatic N) is 3. The number of hydrogen-bond acceptors (Lipinski definition) is 5. The number of benzene rings is 1. The summed E-state index contributed by atoms with van der Waals surface area (Å²) in [6, 6.07) is 8.64. The van der Waals surface area contributed by atoms with Gasteiger partial charge >= 0.3 is 0 Å². The first-order valence-electron chi connectivity index (χ1n) is 12.7. The van der Waals surface area contributed by atoms with Crippen LogP contribution >= 0.6 is 11.8 Å². The van der Waals surface area contributed by atoms with Crippen LogP contribution in [0.4, 0.5) is 5.69 Å². The van der Waals surface area contributed by atoms with Crippen LogP contribution in [0.25, 0.3) is 0 Å². The number of likely N-dealkylation sites (tertiary alicyclic amines) is 1. The average molecular weight is 512 g/mol. The summed E-state index contributed by atoms with van der Waals surface area (Å²) < 4.78 is -1.17. The quantitative estimate of drug-likeness (QED) is 0.489. The van der Waals surface area contributed by atoms with Crippen molar-refractivity contribution in [3.05, 3.63) is 55.6 Å². The van der Waals surface area contributed by atoms with Crippen LogP contribution in [0.2, 0.25) is 0 Å². The van der Waals surface area contributed by atoms with Gasteiger partial charge in [0.2, 0.25) is 17.7 Å². The van der Waals surface area contributed by atoms with Gasteiger partial charge in [0, 0.05) is 36.1 Å². The summed E-state index contributed by atoms with van der Waals surface area (Å²) in [4.78, 5) is 47.3. The van der Waals surface area contributed by atoms with Crippen LogP contribution in [0.1, 0.15) is 33.6 Å². The molecular formula is C28H37N3O4S. The first kappa shape index (κ1) is 26.5. The maximum atomic E-state index is 14.2. The molecule has 1 aromatic rings. The van der Waals surface area contributed by atoms with Crippen LogP contribution < -0.4 is 4.90 Å². The molecule has 0 radical (unpaired) electrons. The third-order valence-corrected chi connectivity index (χ3v) is 9.98. The van der Waals surface area contributed by atoms with E-state index in [1.165, 1.54) is 0 Å². The van der Waals surface area contributed by atoms with E-state index in [2.05, 4.69) is 20.1 Å². The monoisotopic (exact) mass is 511 g/mol. The second-order valence-electron chi connectivity index (χ2n) is 10.4. The van der Waals surface area contributed by atoms with Gasteiger partial charge in [-0.15, -0.1) is 24.9 Å². The van der Waals surface area contributed by atoms with E-state index in [1.807, 2.05) is 44.2 Å². The first-order chi connectivity index (χ1) is 17.2. The Balaban J connectivity index is 1.79. The normalized spacial score (nSPS) is 30.4. The summed E-state index contributed by atoms with van der Waals surface area (Å²) >= 11 is 1.65. The number of anilines is 1. The van der Waals surface area contributed by atoms with Crippen LogP contribution in [0.15, 0.2) is 55.6 Å². The Labute approximate surface area is 218 Å². The molecule has 3 heterocycles. The third kappa shape index (κ3) is 3.98. The largest absolute Gasteiger partial charge is 0.395 e. The number of rotatable bonds is 10. The van der Waals surface area contributed by atoms with Gasteiger partial charge in [-0.25, -0.2) is 0 Å². The number of aliphatic hydroxyl groups excluding tert-OH is 1. The predicted molar refractivity (Wildman–Crippen MR) is 144 cm³/mol. The number of carbonyl (C=O) groups is 3. The average Bonchev–Trinajstić information content (AvgIpc) is 3.42. The molecule has 3 saturated heterocycles. The number of carbonyl (C=O) groups excluding carboxylic acids is 3. The van der Waals surface area contributed by atoms with Crippen molar-refractivity contribution in [3.63, 3.8) is 0 Å². The van der Waals surface area contributed by atoms with Crippen LogP contribution in [0, 0.1) is 11.8 Å². The number of aliphatic hydroxyl groups is 1. The molecule has 0 aliphatic carbocycles. The molecule has 36 heavy (non-hydrogen) atoms. The first-order valence-corrected chi connectivity index (χ1v) is 13.5. The third-order valence-electron chi connectivity index (χ3n) is 8.00. The molecule has 1 aromatic carbocycles. The molecule has 1 spiro atoms. The summed E-state index contributed by atoms with van der Waals surface area (Å²) in [6.07, 6.45) is 4.81. The minimum absolute atomic E-state index is 0.0702. The highest BCUT2D eigenvalue weighted by molar-refractivity contribution is 8.02. The van der Waals surface area contributed by atoms with Crippen LogP contribution in [0.3, 0.4) is 0 Å². The fourth-order valence-corrected chi connectivity index (χ4v) is 8.85.